The molecule has 1 fully saturated rings. The molecule has 0 saturated carbocycles. The van der Waals surface area contributed by atoms with E-state index in [1.165, 1.54) is 6.07 Å². The van der Waals surface area contributed by atoms with Gasteiger partial charge in [0, 0.05) is 39.1 Å². The average Bonchev–Trinajstić information content (AvgIpc) is 2.69. The number of para-hydroxylation sites is 2. The second kappa shape index (κ2) is 8.34. The third-order valence-corrected chi connectivity index (χ3v) is 4.53. The van der Waals surface area contributed by atoms with E-state index in [-0.39, 0.29) is 11.7 Å². The van der Waals surface area contributed by atoms with Crippen molar-refractivity contribution in [2.24, 2.45) is 0 Å². The van der Waals surface area contributed by atoms with Crippen molar-refractivity contribution in [3.63, 3.8) is 0 Å². The first-order valence-electron chi connectivity index (χ1n) is 8.69. The molecule has 1 aliphatic rings. The number of nitriles is 1. The van der Waals surface area contributed by atoms with Crippen LogP contribution in [0.1, 0.15) is 12.0 Å². The molecule has 0 spiro atoms. The molecule has 5 nitrogen and oxygen atoms in total. The van der Waals surface area contributed by atoms with Crippen LogP contribution in [-0.2, 0) is 4.79 Å². The molecule has 0 unspecified atom stereocenters. The van der Waals surface area contributed by atoms with Crippen LogP contribution in [0.3, 0.4) is 0 Å². The predicted octanol–water partition coefficient (Wildman–Crippen LogP) is 2.85. The average molecular weight is 352 g/mol. The summed E-state index contributed by atoms with van der Waals surface area (Å²) in [5, 5.41) is 12.2. The molecular formula is C20H21FN4O. The molecule has 0 radical (unpaired) electrons. The second-order valence-corrected chi connectivity index (χ2v) is 6.15. The molecule has 0 aromatic heterocycles. The fourth-order valence-corrected chi connectivity index (χ4v) is 3.10. The van der Waals surface area contributed by atoms with E-state index in [4.69, 9.17) is 5.26 Å². The van der Waals surface area contributed by atoms with Gasteiger partial charge >= 0.3 is 0 Å². The summed E-state index contributed by atoms with van der Waals surface area (Å²) in [6, 6.07) is 16.1. The number of amides is 1. The summed E-state index contributed by atoms with van der Waals surface area (Å²) in [6.07, 6.45) is 0.361. The van der Waals surface area contributed by atoms with E-state index in [9.17, 15) is 9.18 Å². The number of rotatable bonds is 5. The van der Waals surface area contributed by atoms with Gasteiger partial charge in [0.2, 0.25) is 5.91 Å². The van der Waals surface area contributed by atoms with E-state index in [1.807, 2.05) is 34.1 Å². The number of benzene rings is 2. The van der Waals surface area contributed by atoms with Gasteiger partial charge in [0.25, 0.3) is 0 Å². The van der Waals surface area contributed by atoms with Gasteiger partial charge in [0.1, 0.15) is 11.9 Å². The number of nitrogens with one attached hydrogen (secondary N) is 1. The monoisotopic (exact) mass is 352 g/mol. The van der Waals surface area contributed by atoms with Crippen molar-refractivity contribution in [1.29, 1.82) is 5.26 Å². The zero-order valence-electron chi connectivity index (χ0n) is 14.5. The number of piperazine rings is 1. The van der Waals surface area contributed by atoms with E-state index < -0.39 is 0 Å². The van der Waals surface area contributed by atoms with Gasteiger partial charge in [0.05, 0.1) is 16.9 Å². The molecule has 0 aliphatic carbocycles. The fourth-order valence-electron chi connectivity index (χ4n) is 3.10. The molecular weight excluding hydrogens is 331 g/mol. The molecule has 1 N–H and O–H groups in total. The molecule has 6 heteroatoms. The highest BCUT2D eigenvalue weighted by molar-refractivity contribution is 5.77. The van der Waals surface area contributed by atoms with Crippen LogP contribution in [-0.4, -0.2) is 43.5 Å². The standard InChI is InChI=1S/C20H21FN4O/c21-17-6-2-4-8-19(17)24-11-13-25(14-12-24)20(26)9-10-23-18-7-3-1-5-16(18)15-22/h1-8,23H,9-14H2. The van der Waals surface area contributed by atoms with Gasteiger partial charge in [-0.25, -0.2) is 4.39 Å². The second-order valence-electron chi connectivity index (χ2n) is 6.15. The van der Waals surface area contributed by atoms with Crippen molar-refractivity contribution in [2.45, 2.75) is 6.42 Å². The molecule has 1 saturated heterocycles. The number of carbonyl (C=O) groups is 1. The highest BCUT2D eigenvalue weighted by Crippen LogP contribution is 2.20. The minimum absolute atomic E-state index is 0.0696. The van der Waals surface area contributed by atoms with Gasteiger partial charge in [-0.3, -0.25) is 4.79 Å². The molecule has 2 aromatic carbocycles. The number of hydrogen-bond donors (Lipinski definition) is 1. The van der Waals surface area contributed by atoms with Crippen LogP contribution in [0.25, 0.3) is 0 Å². The van der Waals surface area contributed by atoms with E-state index in [1.54, 1.807) is 18.2 Å². The lowest BCUT2D eigenvalue weighted by Crippen LogP contribution is -2.49. The zero-order chi connectivity index (χ0) is 18.4. The molecule has 2 aromatic rings. The maximum absolute atomic E-state index is 13.9. The van der Waals surface area contributed by atoms with Gasteiger partial charge in [0.15, 0.2) is 0 Å². The third-order valence-electron chi connectivity index (χ3n) is 4.53. The van der Waals surface area contributed by atoms with Crippen LogP contribution >= 0.6 is 0 Å². The van der Waals surface area contributed by atoms with Crippen LogP contribution < -0.4 is 10.2 Å². The lowest BCUT2D eigenvalue weighted by atomic mass is 10.2. The third kappa shape index (κ3) is 4.12. The Balaban J connectivity index is 1.47. The molecule has 134 valence electrons. The Bertz CT molecular complexity index is 809. The quantitative estimate of drug-likeness (QED) is 0.899. The molecule has 1 heterocycles. The largest absolute Gasteiger partial charge is 0.383 e. The smallest absolute Gasteiger partial charge is 0.224 e. The first kappa shape index (κ1) is 17.7. The Morgan fingerprint density at radius 3 is 2.50 bits per heavy atom. The van der Waals surface area contributed by atoms with Crippen LogP contribution in [0, 0.1) is 17.1 Å². The fraction of sp³-hybridized carbons (Fsp3) is 0.300. The Hall–Kier alpha value is -3.07. The molecule has 1 amide bonds. The Labute approximate surface area is 152 Å². The van der Waals surface area contributed by atoms with Crippen LogP contribution in [0.2, 0.25) is 0 Å². The number of hydrogen-bond acceptors (Lipinski definition) is 4. The lowest BCUT2D eigenvalue weighted by Gasteiger charge is -2.36. The first-order valence-corrected chi connectivity index (χ1v) is 8.69. The number of nitrogens with zero attached hydrogens (tertiary/aromatic N) is 3. The summed E-state index contributed by atoms with van der Waals surface area (Å²) in [5.74, 6) is -0.159. The molecule has 0 bridgehead atoms. The highest BCUT2D eigenvalue weighted by atomic mass is 19.1. The maximum atomic E-state index is 13.9. The summed E-state index contributed by atoms with van der Waals surface area (Å²) in [4.78, 5) is 16.2. The topological polar surface area (TPSA) is 59.4 Å². The number of carbonyl (C=O) groups excluding carboxylic acids is 1. The van der Waals surface area contributed by atoms with Crippen LogP contribution in [0.5, 0.6) is 0 Å². The number of halogens is 1. The van der Waals surface area contributed by atoms with Crippen LogP contribution in [0.4, 0.5) is 15.8 Å². The van der Waals surface area contributed by atoms with Crippen molar-refractivity contribution < 1.29 is 9.18 Å². The van der Waals surface area contributed by atoms with Crippen LogP contribution in [0.15, 0.2) is 48.5 Å². The minimum Gasteiger partial charge on any atom is -0.383 e. The normalized spacial score (nSPS) is 14.0. The zero-order valence-corrected chi connectivity index (χ0v) is 14.5. The Morgan fingerprint density at radius 2 is 1.77 bits per heavy atom. The van der Waals surface area contributed by atoms with E-state index in [0.29, 0.717) is 50.4 Å². The summed E-state index contributed by atoms with van der Waals surface area (Å²) in [7, 11) is 0. The summed E-state index contributed by atoms with van der Waals surface area (Å²) >= 11 is 0. The Morgan fingerprint density at radius 1 is 1.08 bits per heavy atom. The maximum Gasteiger partial charge on any atom is 0.224 e. The predicted molar refractivity (Wildman–Crippen MR) is 99.5 cm³/mol. The molecule has 1 aliphatic heterocycles. The summed E-state index contributed by atoms with van der Waals surface area (Å²) in [6.45, 7) is 2.89. The van der Waals surface area contributed by atoms with Crippen molar-refractivity contribution in [3.8, 4) is 6.07 Å². The van der Waals surface area contributed by atoms with Gasteiger partial charge in [-0.15, -0.1) is 0 Å². The summed E-state index contributed by atoms with van der Waals surface area (Å²) in [5.41, 5.74) is 1.90. The molecule has 26 heavy (non-hydrogen) atoms. The van der Waals surface area contributed by atoms with E-state index >= 15 is 0 Å². The van der Waals surface area contributed by atoms with Crippen molar-refractivity contribution in [1.82, 2.24) is 4.90 Å². The van der Waals surface area contributed by atoms with E-state index in [0.717, 1.165) is 5.69 Å². The molecule has 3 rings (SSSR count). The molecule has 0 atom stereocenters. The van der Waals surface area contributed by atoms with Gasteiger partial charge < -0.3 is 15.1 Å². The Kier molecular flexibility index (Phi) is 5.69. The van der Waals surface area contributed by atoms with Gasteiger partial charge in [-0.1, -0.05) is 24.3 Å². The van der Waals surface area contributed by atoms with Crippen molar-refractivity contribution >= 4 is 17.3 Å². The number of anilines is 2. The SMILES string of the molecule is N#Cc1ccccc1NCCC(=O)N1CCN(c2ccccc2F)CC1. The summed E-state index contributed by atoms with van der Waals surface area (Å²) < 4.78 is 13.9. The van der Waals surface area contributed by atoms with Crippen molar-refractivity contribution in [3.05, 3.63) is 59.9 Å². The highest BCUT2D eigenvalue weighted by Gasteiger charge is 2.22. The minimum atomic E-state index is -0.229. The lowest BCUT2D eigenvalue weighted by molar-refractivity contribution is -0.131. The van der Waals surface area contributed by atoms with Crippen molar-refractivity contribution in [2.75, 3.05) is 42.9 Å². The van der Waals surface area contributed by atoms with Gasteiger partial charge in [-0.2, -0.15) is 5.26 Å². The van der Waals surface area contributed by atoms with E-state index in [2.05, 4.69) is 11.4 Å². The first-order chi connectivity index (χ1) is 12.7. The van der Waals surface area contributed by atoms with Gasteiger partial charge in [-0.05, 0) is 24.3 Å².